The van der Waals surface area contributed by atoms with Crippen molar-refractivity contribution in [3.05, 3.63) is 60.9 Å². The second-order valence-electron chi connectivity index (χ2n) is 12.9. The Balaban J connectivity index is 4.37. The number of nitrogens with two attached hydrogens (primary N) is 1. The van der Waals surface area contributed by atoms with E-state index in [0.29, 0.717) is 6.42 Å². The second kappa shape index (κ2) is 37.5. The Labute approximate surface area is 310 Å². The van der Waals surface area contributed by atoms with E-state index in [-0.39, 0.29) is 38.4 Å². The highest BCUT2D eigenvalue weighted by Crippen LogP contribution is 2.43. The smallest absolute Gasteiger partial charge is 0.472 e. The fraction of sp³-hybridized carbons (Fsp3) is 0.707. The highest BCUT2D eigenvalue weighted by molar-refractivity contribution is 7.47. The SMILES string of the molecule is CCCCC/C=C\C/C=C\C/C=C\C=C\C(=O)CCCC(=O)O[C@H](CO/C=C/CCCCCCCCCCCCCC)COP(=O)(O)OCCN. The van der Waals surface area contributed by atoms with Crippen LogP contribution in [0.4, 0.5) is 0 Å². The minimum atomic E-state index is -4.36. The van der Waals surface area contributed by atoms with Gasteiger partial charge in [0.1, 0.15) is 6.61 Å². The maximum absolute atomic E-state index is 12.5. The number of hydrogen-bond donors (Lipinski definition) is 2. The Bertz CT molecular complexity index is 1020. The van der Waals surface area contributed by atoms with E-state index >= 15 is 0 Å². The molecule has 1 unspecified atom stereocenters. The Morgan fingerprint density at radius 3 is 1.90 bits per heavy atom. The normalized spacial score (nSPS) is 14.0. The first kappa shape index (κ1) is 48.7. The van der Waals surface area contributed by atoms with Crippen LogP contribution in [-0.4, -0.2) is 49.1 Å². The zero-order valence-electron chi connectivity index (χ0n) is 32.1. The van der Waals surface area contributed by atoms with Gasteiger partial charge >= 0.3 is 13.8 Å². The van der Waals surface area contributed by atoms with Gasteiger partial charge in [-0.1, -0.05) is 140 Å². The summed E-state index contributed by atoms with van der Waals surface area (Å²) in [5.74, 6) is -0.640. The summed E-state index contributed by atoms with van der Waals surface area (Å²) in [4.78, 5) is 34.5. The van der Waals surface area contributed by atoms with Crippen LogP contribution in [0.15, 0.2) is 60.9 Å². The number of esters is 1. The van der Waals surface area contributed by atoms with E-state index in [1.165, 1.54) is 96.0 Å². The summed E-state index contributed by atoms with van der Waals surface area (Å²) in [5, 5.41) is 0. The third-order valence-corrected chi connectivity index (χ3v) is 8.96. The van der Waals surface area contributed by atoms with Crippen LogP contribution in [0.1, 0.15) is 155 Å². The third kappa shape index (κ3) is 37.3. The van der Waals surface area contributed by atoms with Crippen LogP contribution in [0.2, 0.25) is 0 Å². The first-order chi connectivity index (χ1) is 24.8. The number of ether oxygens (including phenoxy) is 2. The number of allylic oxidation sites excluding steroid dienone is 9. The number of phosphoric acid groups is 1. The van der Waals surface area contributed by atoms with Gasteiger partial charge in [-0.2, -0.15) is 0 Å². The van der Waals surface area contributed by atoms with Gasteiger partial charge in [-0.3, -0.25) is 18.6 Å². The molecule has 0 amide bonds. The predicted octanol–water partition coefficient (Wildman–Crippen LogP) is 10.9. The molecule has 0 radical (unpaired) electrons. The number of hydrogen-bond acceptors (Lipinski definition) is 8. The van der Waals surface area contributed by atoms with Gasteiger partial charge in [0.15, 0.2) is 11.9 Å². The van der Waals surface area contributed by atoms with Crippen molar-refractivity contribution in [1.29, 1.82) is 0 Å². The van der Waals surface area contributed by atoms with E-state index in [2.05, 4.69) is 38.2 Å². The number of carbonyl (C=O) groups is 2. The molecule has 0 fully saturated rings. The second-order valence-corrected chi connectivity index (χ2v) is 14.4. The molecule has 0 heterocycles. The lowest BCUT2D eigenvalue weighted by Crippen LogP contribution is -2.28. The van der Waals surface area contributed by atoms with E-state index < -0.39 is 26.5 Å². The molecule has 0 spiro atoms. The van der Waals surface area contributed by atoms with Crippen LogP contribution in [0.25, 0.3) is 0 Å². The Hall–Kier alpha value is -2.29. The molecule has 0 aromatic heterocycles. The fourth-order valence-electron chi connectivity index (χ4n) is 5.03. The summed E-state index contributed by atoms with van der Waals surface area (Å²) in [7, 11) is -4.36. The van der Waals surface area contributed by atoms with Crippen molar-refractivity contribution in [3.8, 4) is 0 Å². The molecule has 10 heteroatoms. The standard InChI is InChI=1S/C41H72NO8P/c1-3-5-7-9-11-13-15-17-19-21-23-25-27-29-35-47-37-40(38-49-51(45,46)48-36-34-42)50-41(44)33-30-32-39(43)31-28-26-24-22-20-18-16-14-12-10-8-6-4-2/h12,14,18,20,24,26,28-29,31,35,40H,3-11,13,15-17,19,21-23,25,27,30,32-34,36-38,42H2,1-2H3,(H,45,46)/b14-12-,20-18-,26-24-,31-28+,35-29+/t40-/m1/s1. The molecule has 3 N–H and O–H groups in total. The Morgan fingerprint density at radius 2 is 1.24 bits per heavy atom. The van der Waals surface area contributed by atoms with Crippen molar-refractivity contribution in [2.24, 2.45) is 5.73 Å². The molecule has 0 aliphatic carbocycles. The first-order valence-corrected chi connectivity index (χ1v) is 21.3. The van der Waals surface area contributed by atoms with Crippen LogP contribution >= 0.6 is 7.82 Å². The monoisotopic (exact) mass is 737 g/mol. The van der Waals surface area contributed by atoms with Crippen LogP contribution < -0.4 is 5.73 Å². The van der Waals surface area contributed by atoms with E-state index in [9.17, 15) is 19.0 Å². The summed E-state index contributed by atoms with van der Waals surface area (Å²) < 4.78 is 32.9. The number of ketones is 1. The highest BCUT2D eigenvalue weighted by Gasteiger charge is 2.25. The molecule has 0 saturated heterocycles. The van der Waals surface area contributed by atoms with Gasteiger partial charge in [-0.25, -0.2) is 4.57 Å². The molecule has 0 rings (SSSR count). The van der Waals surface area contributed by atoms with Gasteiger partial charge in [0.25, 0.3) is 0 Å². The van der Waals surface area contributed by atoms with Gasteiger partial charge in [0, 0.05) is 19.4 Å². The van der Waals surface area contributed by atoms with Crippen LogP contribution in [0.3, 0.4) is 0 Å². The largest absolute Gasteiger partial charge is 0.498 e. The molecular weight excluding hydrogens is 665 g/mol. The zero-order valence-corrected chi connectivity index (χ0v) is 33.0. The number of unbranched alkanes of at least 4 members (excludes halogenated alkanes) is 15. The Kier molecular flexibility index (Phi) is 35.8. The van der Waals surface area contributed by atoms with Crippen molar-refractivity contribution < 1.29 is 37.6 Å². The van der Waals surface area contributed by atoms with Crippen molar-refractivity contribution in [3.63, 3.8) is 0 Å². The first-order valence-electron chi connectivity index (χ1n) is 19.8. The minimum absolute atomic E-state index is 0.0129. The number of phosphoric ester groups is 1. The summed E-state index contributed by atoms with van der Waals surface area (Å²) in [6, 6.07) is 0. The van der Waals surface area contributed by atoms with Crippen LogP contribution in [-0.2, 0) is 32.7 Å². The fourth-order valence-corrected chi connectivity index (χ4v) is 5.80. The predicted molar refractivity (Wildman–Crippen MR) is 210 cm³/mol. The quantitative estimate of drug-likeness (QED) is 0.0121. The summed E-state index contributed by atoms with van der Waals surface area (Å²) >= 11 is 0. The molecule has 0 saturated carbocycles. The van der Waals surface area contributed by atoms with E-state index in [1.807, 2.05) is 18.2 Å². The topological polar surface area (TPSA) is 134 Å². The zero-order chi connectivity index (χ0) is 37.5. The minimum Gasteiger partial charge on any atom is -0.498 e. The Morgan fingerprint density at radius 1 is 0.667 bits per heavy atom. The summed E-state index contributed by atoms with van der Waals surface area (Å²) in [6.07, 6.45) is 41.8. The lowest BCUT2D eigenvalue weighted by atomic mass is 10.0. The molecule has 0 bridgehead atoms. The van der Waals surface area contributed by atoms with E-state index in [4.69, 9.17) is 24.3 Å². The van der Waals surface area contributed by atoms with Crippen LogP contribution in [0.5, 0.6) is 0 Å². The average molecular weight is 738 g/mol. The molecular formula is C41H72NO8P. The molecule has 0 aliphatic heterocycles. The molecule has 51 heavy (non-hydrogen) atoms. The van der Waals surface area contributed by atoms with Gasteiger partial charge in [0.05, 0.1) is 19.5 Å². The maximum Gasteiger partial charge on any atom is 0.472 e. The number of rotatable bonds is 37. The average Bonchev–Trinajstić information content (AvgIpc) is 3.11. The molecule has 0 aromatic rings. The van der Waals surface area contributed by atoms with Gasteiger partial charge in [-0.15, -0.1) is 0 Å². The maximum atomic E-state index is 12.5. The summed E-state index contributed by atoms with van der Waals surface area (Å²) in [5.41, 5.74) is 5.33. The lowest BCUT2D eigenvalue weighted by Gasteiger charge is -2.19. The number of carbonyl (C=O) groups excluding carboxylic acids is 2. The molecule has 2 atom stereocenters. The van der Waals surface area contributed by atoms with Crippen molar-refractivity contribution in [2.75, 3.05) is 26.4 Å². The van der Waals surface area contributed by atoms with Gasteiger partial charge in [0.2, 0.25) is 0 Å². The van der Waals surface area contributed by atoms with Crippen LogP contribution in [0, 0.1) is 0 Å². The van der Waals surface area contributed by atoms with E-state index in [1.54, 1.807) is 12.3 Å². The molecule has 294 valence electrons. The van der Waals surface area contributed by atoms with Gasteiger partial charge < -0.3 is 20.1 Å². The molecule has 0 aromatic carbocycles. The van der Waals surface area contributed by atoms with Crippen molar-refractivity contribution in [2.45, 2.75) is 161 Å². The van der Waals surface area contributed by atoms with Gasteiger partial charge in [-0.05, 0) is 57.1 Å². The van der Waals surface area contributed by atoms with E-state index in [0.717, 1.165) is 32.1 Å². The van der Waals surface area contributed by atoms with Crippen molar-refractivity contribution >= 4 is 19.6 Å². The highest BCUT2D eigenvalue weighted by atomic mass is 31.2. The summed E-state index contributed by atoms with van der Waals surface area (Å²) in [6.45, 7) is 3.91. The molecule has 9 nitrogen and oxygen atoms in total. The molecule has 0 aliphatic rings. The lowest BCUT2D eigenvalue weighted by molar-refractivity contribution is -0.153. The third-order valence-electron chi connectivity index (χ3n) is 7.98. The van der Waals surface area contributed by atoms with Crippen molar-refractivity contribution in [1.82, 2.24) is 0 Å².